The zero-order chi connectivity index (χ0) is 18.9. The molecule has 0 amide bonds. The Morgan fingerprint density at radius 1 is 1.35 bits per heavy atom. The van der Waals surface area contributed by atoms with Gasteiger partial charge >= 0.3 is 6.18 Å². The van der Waals surface area contributed by atoms with Gasteiger partial charge in [-0.15, -0.1) is 0 Å². The normalized spacial score (nSPS) is 15.0. The number of nitrogens with zero attached hydrogens (tertiary/aromatic N) is 3. The van der Waals surface area contributed by atoms with Crippen molar-refractivity contribution in [3.05, 3.63) is 51.4 Å². The van der Waals surface area contributed by atoms with Gasteiger partial charge in [-0.3, -0.25) is 4.79 Å². The highest BCUT2D eigenvalue weighted by Gasteiger charge is 2.31. The van der Waals surface area contributed by atoms with Crippen molar-refractivity contribution in [2.75, 3.05) is 18.1 Å². The summed E-state index contributed by atoms with van der Waals surface area (Å²) in [4.78, 5) is 14.4. The number of hydrogen-bond acceptors (Lipinski definition) is 4. The van der Waals surface area contributed by atoms with Crippen LogP contribution in [0.15, 0.2) is 35.3 Å². The van der Waals surface area contributed by atoms with Crippen LogP contribution in [0.2, 0.25) is 5.02 Å². The third kappa shape index (κ3) is 3.57. The second-order valence-corrected chi connectivity index (χ2v) is 6.49. The minimum absolute atomic E-state index is 0.0179. The Morgan fingerprint density at radius 2 is 2.08 bits per heavy atom. The van der Waals surface area contributed by atoms with Crippen LogP contribution in [-0.4, -0.2) is 34.1 Å². The Balaban J connectivity index is 2.01. The van der Waals surface area contributed by atoms with Crippen molar-refractivity contribution in [3.8, 4) is 5.69 Å². The van der Waals surface area contributed by atoms with Gasteiger partial charge in [-0.05, 0) is 37.5 Å². The molecule has 1 aliphatic carbocycles. The second-order valence-electron chi connectivity index (χ2n) is 6.11. The van der Waals surface area contributed by atoms with Crippen molar-refractivity contribution >= 4 is 17.3 Å². The molecule has 1 N–H and O–H groups in total. The van der Waals surface area contributed by atoms with E-state index >= 15 is 0 Å². The van der Waals surface area contributed by atoms with E-state index < -0.39 is 17.3 Å². The average molecular weight is 388 g/mol. The summed E-state index contributed by atoms with van der Waals surface area (Å²) < 4.78 is 39.5. The summed E-state index contributed by atoms with van der Waals surface area (Å²) in [5, 5.41) is 13.1. The number of anilines is 1. The number of rotatable bonds is 5. The zero-order valence-corrected chi connectivity index (χ0v) is 14.5. The lowest BCUT2D eigenvalue weighted by molar-refractivity contribution is -0.137. The Hall–Kier alpha value is -2.06. The van der Waals surface area contributed by atoms with E-state index in [-0.39, 0.29) is 23.4 Å². The molecule has 140 valence electrons. The molecule has 1 aromatic heterocycles. The van der Waals surface area contributed by atoms with Gasteiger partial charge in [0.2, 0.25) is 0 Å². The third-order valence-corrected chi connectivity index (χ3v) is 4.84. The van der Waals surface area contributed by atoms with E-state index in [2.05, 4.69) is 5.10 Å². The lowest BCUT2D eigenvalue weighted by atomic mass is 9.91. The highest BCUT2D eigenvalue weighted by Crippen LogP contribution is 2.33. The topological polar surface area (TPSA) is 58.4 Å². The molecule has 5 nitrogen and oxygen atoms in total. The molecular weight excluding hydrogens is 371 g/mol. The first-order valence-electron chi connectivity index (χ1n) is 8.16. The molecule has 0 radical (unpaired) electrons. The average Bonchev–Trinajstić information content (AvgIpc) is 2.55. The van der Waals surface area contributed by atoms with E-state index in [0.717, 1.165) is 36.1 Å². The zero-order valence-electron chi connectivity index (χ0n) is 13.7. The molecule has 0 saturated heterocycles. The van der Waals surface area contributed by atoms with Crippen molar-refractivity contribution in [3.63, 3.8) is 0 Å². The van der Waals surface area contributed by atoms with Crippen LogP contribution in [0.3, 0.4) is 0 Å². The van der Waals surface area contributed by atoms with Crippen LogP contribution in [0, 0.1) is 0 Å². The molecule has 1 fully saturated rings. The van der Waals surface area contributed by atoms with Crippen LogP contribution in [0.1, 0.15) is 24.8 Å². The second kappa shape index (κ2) is 7.28. The molecular formula is C17H17ClF3N3O2. The van der Waals surface area contributed by atoms with Gasteiger partial charge in [0.05, 0.1) is 29.7 Å². The van der Waals surface area contributed by atoms with Gasteiger partial charge in [0, 0.05) is 12.6 Å². The Morgan fingerprint density at radius 3 is 2.65 bits per heavy atom. The summed E-state index contributed by atoms with van der Waals surface area (Å²) >= 11 is 6.21. The van der Waals surface area contributed by atoms with Crippen molar-refractivity contribution in [2.24, 2.45) is 0 Å². The van der Waals surface area contributed by atoms with Crippen LogP contribution < -0.4 is 10.5 Å². The fourth-order valence-corrected chi connectivity index (χ4v) is 3.17. The van der Waals surface area contributed by atoms with Crippen LogP contribution in [0.25, 0.3) is 5.69 Å². The predicted molar refractivity (Wildman–Crippen MR) is 91.9 cm³/mol. The van der Waals surface area contributed by atoms with E-state index in [1.807, 2.05) is 4.90 Å². The van der Waals surface area contributed by atoms with Gasteiger partial charge in [-0.1, -0.05) is 17.7 Å². The smallest absolute Gasteiger partial charge is 0.395 e. The summed E-state index contributed by atoms with van der Waals surface area (Å²) in [6.07, 6.45) is -0.261. The van der Waals surface area contributed by atoms with Crippen molar-refractivity contribution in [1.82, 2.24) is 9.78 Å². The largest absolute Gasteiger partial charge is 0.416 e. The van der Waals surface area contributed by atoms with E-state index in [4.69, 9.17) is 11.6 Å². The molecule has 0 aliphatic heterocycles. The fraction of sp³-hybridized carbons (Fsp3) is 0.412. The molecule has 3 rings (SSSR count). The maximum atomic E-state index is 12.9. The van der Waals surface area contributed by atoms with Crippen molar-refractivity contribution < 1.29 is 18.3 Å². The maximum Gasteiger partial charge on any atom is 0.416 e. The van der Waals surface area contributed by atoms with Crippen molar-refractivity contribution in [2.45, 2.75) is 31.5 Å². The fourth-order valence-electron chi connectivity index (χ4n) is 2.93. The van der Waals surface area contributed by atoms with E-state index in [1.165, 1.54) is 18.3 Å². The molecule has 0 spiro atoms. The molecule has 1 saturated carbocycles. The predicted octanol–water partition coefficient (Wildman–Crippen LogP) is 3.26. The first kappa shape index (κ1) is 18.7. The first-order chi connectivity index (χ1) is 12.3. The standard InChI is InChI=1S/C17H17ClF3N3O2/c18-15-14(23(7-8-25)12-4-2-5-12)10-22-24(16(15)26)13-6-1-3-11(9-13)17(19,20)21/h1,3,6,9-10,12,25H,2,4-5,7-8H2. The molecule has 1 aliphatic rings. The Labute approximate surface area is 152 Å². The van der Waals surface area contributed by atoms with Crippen LogP contribution in [0.4, 0.5) is 18.9 Å². The molecule has 0 bridgehead atoms. The van der Waals surface area contributed by atoms with Gasteiger partial charge in [0.25, 0.3) is 5.56 Å². The van der Waals surface area contributed by atoms with Gasteiger partial charge in [0.1, 0.15) is 5.02 Å². The molecule has 26 heavy (non-hydrogen) atoms. The van der Waals surface area contributed by atoms with Gasteiger partial charge < -0.3 is 10.0 Å². The summed E-state index contributed by atoms with van der Waals surface area (Å²) in [6.45, 7) is 0.197. The molecule has 0 atom stereocenters. The minimum atomic E-state index is -4.52. The molecule has 1 aromatic carbocycles. The number of halogens is 4. The van der Waals surface area contributed by atoms with Crippen LogP contribution in [-0.2, 0) is 6.18 Å². The van der Waals surface area contributed by atoms with Crippen LogP contribution >= 0.6 is 11.6 Å². The number of benzene rings is 1. The monoisotopic (exact) mass is 387 g/mol. The number of aliphatic hydroxyl groups excluding tert-OH is 1. The summed E-state index contributed by atoms with van der Waals surface area (Å²) in [6, 6.07) is 4.51. The third-order valence-electron chi connectivity index (χ3n) is 4.48. The Bertz CT molecular complexity index is 850. The summed E-state index contributed by atoms with van der Waals surface area (Å²) in [5.41, 5.74) is -1.21. The number of aromatic nitrogens is 2. The van der Waals surface area contributed by atoms with E-state index in [0.29, 0.717) is 12.2 Å². The van der Waals surface area contributed by atoms with Crippen molar-refractivity contribution in [1.29, 1.82) is 0 Å². The van der Waals surface area contributed by atoms with Gasteiger partial charge in [-0.25, -0.2) is 0 Å². The Kier molecular flexibility index (Phi) is 5.24. The quantitative estimate of drug-likeness (QED) is 0.855. The SMILES string of the molecule is O=c1c(Cl)c(N(CCO)C2CCC2)cnn1-c1cccc(C(F)(F)F)c1. The molecule has 9 heteroatoms. The lowest BCUT2D eigenvalue weighted by Gasteiger charge is -2.39. The molecule has 0 unspecified atom stereocenters. The maximum absolute atomic E-state index is 12.9. The number of aliphatic hydroxyl groups is 1. The first-order valence-corrected chi connectivity index (χ1v) is 8.53. The van der Waals surface area contributed by atoms with Crippen LogP contribution in [0.5, 0.6) is 0 Å². The summed E-state index contributed by atoms with van der Waals surface area (Å²) in [7, 11) is 0. The van der Waals surface area contributed by atoms with Gasteiger partial charge in [0.15, 0.2) is 0 Å². The number of hydrogen-bond donors (Lipinski definition) is 1. The molecule has 2 aromatic rings. The molecule has 1 heterocycles. The highest BCUT2D eigenvalue weighted by molar-refractivity contribution is 6.33. The highest BCUT2D eigenvalue weighted by atomic mass is 35.5. The lowest BCUT2D eigenvalue weighted by Crippen LogP contribution is -2.43. The number of alkyl halides is 3. The van der Waals surface area contributed by atoms with E-state index in [9.17, 15) is 23.1 Å². The summed E-state index contributed by atoms with van der Waals surface area (Å²) in [5.74, 6) is 0. The van der Waals surface area contributed by atoms with Gasteiger partial charge in [-0.2, -0.15) is 23.0 Å². The minimum Gasteiger partial charge on any atom is -0.395 e. The van der Waals surface area contributed by atoms with E-state index in [1.54, 1.807) is 0 Å².